The fourth-order valence-corrected chi connectivity index (χ4v) is 3.17. The molecule has 0 spiro atoms. The monoisotopic (exact) mass is 346 g/mol. The van der Waals surface area contributed by atoms with Gasteiger partial charge in [-0.2, -0.15) is 0 Å². The third kappa shape index (κ3) is 2.93. The molecule has 0 amide bonds. The highest BCUT2D eigenvalue weighted by atomic mass is 79.9. The second-order valence-electron chi connectivity index (χ2n) is 4.37. The SMILES string of the molecule is ClCC(CCl)(Cc1ccoc1)c1cccc(Br)c1. The normalized spacial score (nSPS) is 11.7. The molecule has 96 valence electrons. The molecular weight excluding hydrogens is 335 g/mol. The molecule has 0 bridgehead atoms. The largest absolute Gasteiger partial charge is 0.472 e. The average Bonchev–Trinajstić information content (AvgIpc) is 2.89. The van der Waals surface area contributed by atoms with Gasteiger partial charge in [-0.15, -0.1) is 23.2 Å². The van der Waals surface area contributed by atoms with Crippen molar-refractivity contribution in [1.82, 2.24) is 0 Å². The Bertz CT molecular complexity index is 492. The highest BCUT2D eigenvalue weighted by Crippen LogP contribution is 2.33. The van der Waals surface area contributed by atoms with E-state index < -0.39 is 0 Å². The van der Waals surface area contributed by atoms with Crippen molar-refractivity contribution in [2.75, 3.05) is 11.8 Å². The molecule has 0 N–H and O–H groups in total. The summed E-state index contributed by atoms with van der Waals surface area (Å²) in [6.07, 6.45) is 4.18. The summed E-state index contributed by atoms with van der Waals surface area (Å²) in [6.45, 7) is 0. The second kappa shape index (κ2) is 6.14. The van der Waals surface area contributed by atoms with Crippen molar-refractivity contribution in [3.05, 3.63) is 58.5 Å². The number of alkyl halides is 2. The van der Waals surface area contributed by atoms with Gasteiger partial charge in [-0.3, -0.25) is 0 Å². The lowest BCUT2D eigenvalue weighted by Crippen LogP contribution is -2.33. The van der Waals surface area contributed by atoms with Crippen LogP contribution in [0.1, 0.15) is 11.1 Å². The molecule has 0 saturated heterocycles. The Morgan fingerprint density at radius 1 is 1.17 bits per heavy atom. The van der Waals surface area contributed by atoms with Crippen LogP contribution in [-0.4, -0.2) is 11.8 Å². The van der Waals surface area contributed by atoms with Gasteiger partial charge in [-0.1, -0.05) is 28.1 Å². The standard InChI is InChI=1S/C14H13BrCl2O/c15-13-3-1-2-12(6-13)14(9-16,10-17)7-11-4-5-18-8-11/h1-6,8H,7,9-10H2. The number of benzene rings is 1. The van der Waals surface area contributed by atoms with Crippen LogP contribution in [0.3, 0.4) is 0 Å². The number of furan rings is 1. The fourth-order valence-electron chi connectivity index (χ4n) is 1.99. The smallest absolute Gasteiger partial charge is 0.0934 e. The predicted molar refractivity (Wildman–Crippen MR) is 79.7 cm³/mol. The minimum absolute atomic E-state index is 0.267. The molecule has 0 radical (unpaired) electrons. The van der Waals surface area contributed by atoms with Gasteiger partial charge in [0.1, 0.15) is 0 Å². The maximum atomic E-state index is 6.20. The summed E-state index contributed by atoms with van der Waals surface area (Å²) in [6, 6.07) is 10.1. The van der Waals surface area contributed by atoms with Crippen LogP contribution in [-0.2, 0) is 11.8 Å². The molecule has 0 atom stereocenters. The van der Waals surface area contributed by atoms with Gasteiger partial charge in [0.15, 0.2) is 0 Å². The highest BCUT2D eigenvalue weighted by Gasteiger charge is 2.31. The summed E-state index contributed by atoms with van der Waals surface area (Å²) in [7, 11) is 0. The summed E-state index contributed by atoms with van der Waals surface area (Å²) >= 11 is 15.9. The van der Waals surface area contributed by atoms with Crippen LogP contribution >= 0.6 is 39.1 Å². The lowest BCUT2D eigenvalue weighted by atomic mass is 9.79. The van der Waals surface area contributed by atoms with Crippen LogP contribution < -0.4 is 0 Å². The first-order valence-electron chi connectivity index (χ1n) is 5.59. The molecule has 1 nitrogen and oxygen atoms in total. The van der Waals surface area contributed by atoms with Crippen molar-refractivity contribution < 1.29 is 4.42 Å². The molecule has 2 aromatic rings. The number of hydrogen-bond acceptors (Lipinski definition) is 1. The molecule has 18 heavy (non-hydrogen) atoms. The van der Waals surface area contributed by atoms with Crippen LogP contribution in [0.4, 0.5) is 0 Å². The zero-order valence-corrected chi connectivity index (χ0v) is 12.8. The van der Waals surface area contributed by atoms with Gasteiger partial charge in [0.05, 0.1) is 12.5 Å². The van der Waals surface area contributed by atoms with Gasteiger partial charge >= 0.3 is 0 Å². The van der Waals surface area contributed by atoms with E-state index in [0.29, 0.717) is 11.8 Å². The van der Waals surface area contributed by atoms with Crippen molar-refractivity contribution in [2.24, 2.45) is 0 Å². The summed E-state index contributed by atoms with van der Waals surface area (Å²) in [5.74, 6) is 0.941. The number of halogens is 3. The molecule has 1 aromatic heterocycles. The lowest BCUT2D eigenvalue weighted by Gasteiger charge is -2.30. The molecule has 4 heteroatoms. The Labute approximate surface area is 125 Å². The van der Waals surface area contributed by atoms with E-state index in [2.05, 4.69) is 28.1 Å². The highest BCUT2D eigenvalue weighted by molar-refractivity contribution is 9.10. The van der Waals surface area contributed by atoms with Crippen molar-refractivity contribution in [3.63, 3.8) is 0 Å². The first-order chi connectivity index (χ1) is 8.70. The lowest BCUT2D eigenvalue weighted by molar-refractivity contribution is 0.522. The van der Waals surface area contributed by atoms with E-state index in [1.165, 1.54) is 0 Å². The number of hydrogen-bond donors (Lipinski definition) is 0. The van der Waals surface area contributed by atoms with Gasteiger partial charge in [0, 0.05) is 21.6 Å². The summed E-state index contributed by atoms with van der Waals surface area (Å²) in [4.78, 5) is 0. The summed E-state index contributed by atoms with van der Waals surface area (Å²) in [5.41, 5.74) is 1.98. The van der Waals surface area contributed by atoms with Crippen LogP contribution in [0.25, 0.3) is 0 Å². The zero-order chi connectivity index (χ0) is 13.0. The Balaban J connectivity index is 2.37. The van der Waals surface area contributed by atoms with Crippen molar-refractivity contribution >= 4 is 39.1 Å². The third-order valence-electron chi connectivity index (χ3n) is 3.07. The number of rotatable bonds is 5. The van der Waals surface area contributed by atoms with Crippen molar-refractivity contribution in [3.8, 4) is 0 Å². The molecule has 0 aliphatic heterocycles. The minimum Gasteiger partial charge on any atom is -0.472 e. The maximum absolute atomic E-state index is 6.20. The van der Waals surface area contributed by atoms with Crippen LogP contribution in [0.2, 0.25) is 0 Å². The van der Waals surface area contributed by atoms with Crippen molar-refractivity contribution in [1.29, 1.82) is 0 Å². The summed E-state index contributed by atoms with van der Waals surface area (Å²) in [5, 5.41) is 0. The van der Waals surface area contributed by atoms with Gasteiger partial charge in [0.2, 0.25) is 0 Å². The first-order valence-corrected chi connectivity index (χ1v) is 7.45. The molecule has 0 unspecified atom stereocenters. The quantitative estimate of drug-likeness (QED) is 0.693. The summed E-state index contributed by atoms with van der Waals surface area (Å²) < 4.78 is 6.15. The predicted octanol–water partition coefficient (Wildman–Crippen LogP) is 5.00. The molecule has 0 saturated carbocycles. The first kappa shape index (κ1) is 14.0. The molecule has 2 rings (SSSR count). The minimum atomic E-state index is -0.267. The molecule has 1 aromatic carbocycles. The fraction of sp³-hybridized carbons (Fsp3) is 0.286. The molecule has 0 aliphatic rings. The molecular formula is C14H13BrCl2O. The van der Waals surface area contributed by atoms with E-state index in [0.717, 1.165) is 22.0 Å². The molecule has 0 aliphatic carbocycles. The van der Waals surface area contributed by atoms with Crippen LogP contribution in [0.5, 0.6) is 0 Å². The van der Waals surface area contributed by atoms with E-state index in [9.17, 15) is 0 Å². The van der Waals surface area contributed by atoms with Gasteiger partial charge in [-0.05, 0) is 35.7 Å². The molecule has 1 heterocycles. The van der Waals surface area contributed by atoms with Gasteiger partial charge in [0.25, 0.3) is 0 Å². The Morgan fingerprint density at radius 2 is 1.94 bits per heavy atom. The van der Waals surface area contributed by atoms with E-state index in [-0.39, 0.29) is 5.41 Å². The van der Waals surface area contributed by atoms with E-state index in [1.807, 2.05) is 18.2 Å². The van der Waals surface area contributed by atoms with E-state index in [1.54, 1.807) is 12.5 Å². The maximum Gasteiger partial charge on any atom is 0.0934 e. The zero-order valence-electron chi connectivity index (χ0n) is 9.70. The topological polar surface area (TPSA) is 13.1 Å². The Morgan fingerprint density at radius 3 is 2.50 bits per heavy atom. The van der Waals surface area contributed by atoms with Gasteiger partial charge in [-0.25, -0.2) is 0 Å². The van der Waals surface area contributed by atoms with Crippen molar-refractivity contribution in [2.45, 2.75) is 11.8 Å². The third-order valence-corrected chi connectivity index (χ3v) is 4.59. The average molecular weight is 348 g/mol. The van der Waals surface area contributed by atoms with Gasteiger partial charge < -0.3 is 4.42 Å². The Kier molecular flexibility index (Phi) is 4.77. The van der Waals surface area contributed by atoms with E-state index in [4.69, 9.17) is 27.6 Å². The van der Waals surface area contributed by atoms with E-state index >= 15 is 0 Å². The van der Waals surface area contributed by atoms with Crippen LogP contribution in [0.15, 0.2) is 51.7 Å². The molecule has 0 fully saturated rings. The van der Waals surface area contributed by atoms with Crippen LogP contribution in [0, 0.1) is 0 Å². The second-order valence-corrected chi connectivity index (χ2v) is 5.82. The Hall–Kier alpha value is -0.440.